The van der Waals surface area contributed by atoms with E-state index in [0.717, 1.165) is 17.8 Å². The van der Waals surface area contributed by atoms with Crippen LogP contribution < -0.4 is 10.1 Å². The van der Waals surface area contributed by atoms with Gasteiger partial charge in [0, 0.05) is 17.9 Å². The Morgan fingerprint density at radius 3 is 2.65 bits per heavy atom. The monoisotopic (exact) mass is 317 g/mol. The van der Waals surface area contributed by atoms with Gasteiger partial charge in [0.25, 0.3) is 5.91 Å². The van der Waals surface area contributed by atoms with Gasteiger partial charge in [-0.25, -0.2) is 4.98 Å². The molecule has 0 aliphatic rings. The third-order valence-electron chi connectivity index (χ3n) is 3.38. The summed E-state index contributed by atoms with van der Waals surface area (Å²) in [4.78, 5) is 16.6. The molecule has 23 heavy (non-hydrogen) atoms. The summed E-state index contributed by atoms with van der Waals surface area (Å²) in [5, 5.41) is 3.05. The van der Waals surface area contributed by atoms with Gasteiger partial charge in [0.05, 0.1) is 5.69 Å². The Hall–Kier alpha value is -2.04. The highest BCUT2D eigenvalue weighted by Crippen LogP contribution is 2.26. The largest absolute Gasteiger partial charge is 0.480 e. The van der Waals surface area contributed by atoms with E-state index >= 15 is 0 Å². The molecule has 0 fully saturated rings. The maximum Gasteiger partial charge on any atom is 0.258 e. The quantitative estimate of drug-likeness (QED) is 0.920. The Kier molecular flexibility index (Phi) is 4.68. The first-order valence-electron chi connectivity index (χ1n) is 7.94. The lowest BCUT2D eigenvalue weighted by atomic mass is 9.82. The molecule has 0 unspecified atom stereocenters. The Balaban J connectivity index is 1.98. The van der Waals surface area contributed by atoms with Gasteiger partial charge < -0.3 is 14.5 Å². The van der Waals surface area contributed by atoms with Gasteiger partial charge >= 0.3 is 0 Å². The Labute approximate surface area is 138 Å². The first kappa shape index (κ1) is 17.3. The number of hydrogen-bond donors (Lipinski definition) is 1. The molecule has 0 spiro atoms. The number of carbonyl (C=O) groups excluding carboxylic acids is 1. The molecule has 0 saturated heterocycles. The summed E-state index contributed by atoms with van der Waals surface area (Å²) in [6, 6.07) is 3.71. The van der Waals surface area contributed by atoms with Gasteiger partial charge in [-0.1, -0.05) is 20.8 Å². The van der Waals surface area contributed by atoms with Crippen molar-refractivity contribution in [3.63, 3.8) is 0 Å². The molecule has 1 amide bonds. The van der Waals surface area contributed by atoms with Crippen molar-refractivity contribution in [2.24, 2.45) is 5.41 Å². The fraction of sp³-hybridized carbons (Fsp3) is 0.556. The van der Waals surface area contributed by atoms with E-state index in [2.05, 4.69) is 31.1 Å². The van der Waals surface area contributed by atoms with Crippen LogP contribution in [0.15, 0.2) is 24.5 Å². The Morgan fingerprint density at radius 1 is 1.30 bits per heavy atom. The molecule has 1 N–H and O–H groups in total. The van der Waals surface area contributed by atoms with Crippen molar-refractivity contribution < 1.29 is 9.53 Å². The average Bonchev–Trinajstić information content (AvgIpc) is 2.73. The highest BCUT2D eigenvalue weighted by atomic mass is 16.5. The zero-order valence-electron chi connectivity index (χ0n) is 14.9. The summed E-state index contributed by atoms with van der Waals surface area (Å²) >= 11 is 0. The third kappa shape index (κ3) is 4.98. The van der Waals surface area contributed by atoms with Crippen LogP contribution in [0, 0.1) is 12.3 Å². The summed E-state index contributed by atoms with van der Waals surface area (Å²) in [6.45, 7) is 12.5. The van der Waals surface area contributed by atoms with Crippen molar-refractivity contribution in [1.29, 1.82) is 0 Å². The van der Waals surface area contributed by atoms with Crippen LogP contribution in [0.4, 0.5) is 0 Å². The highest BCUT2D eigenvalue weighted by molar-refractivity contribution is 5.78. The number of amides is 1. The van der Waals surface area contributed by atoms with Crippen molar-refractivity contribution in [3.8, 4) is 5.75 Å². The molecule has 2 rings (SSSR count). The maximum absolute atomic E-state index is 12.2. The normalized spacial score (nSPS) is 12.4. The first-order valence-corrected chi connectivity index (χ1v) is 7.94. The first-order chi connectivity index (χ1) is 10.6. The molecule has 2 aromatic heterocycles. The van der Waals surface area contributed by atoms with E-state index in [9.17, 15) is 4.79 Å². The lowest BCUT2D eigenvalue weighted by molar-refractivity contribution is -0.124. The van der Waals surface area contributed by atoms with Crippen molar-refractivity contribution in [3.05, 3.63) is 30.2 Å². The molecule has 0 bridgehead atoms. The van der Waals surface area contributed by atoms with Crippen LogP contribution >= 0.6 is 0 Å². The molecule has 0 radical (unpaired) electrons. The zero-order valence-corrected chi connectivity index (χ0v) is 14.9. The highest BCUT2D eigenvalue weighted by Gasteiger charge is 2.27. The van der Waals surface area contributed by atoms with Gasteiger partial charge in [0.15, 0.2) is 18.0 Å². The van der Waals surface area contributed by atoms with Crippen molar-refractivity contribution in [2.75, 3.05) is 6.61 Å². The lowest BCUT2D eigenvalue weighted by Gasteiger charge is -2.33. The number of hydrogen-bond acceptors (Lipinski definition) is 3. The summed E-state index contributed by atoms with van der Waals surface area (Å²) in [7, 11) is 0. The van der Waals surface area contributed by atoms with Crippen LogP contribution in [-0.4, -0.2) is 27.4 Å². The number of pyridine rings is 1. The minimum Gasteiger partial charge on any atom is -0.480 e. The van der Waals surface area contributed by atoms with Gasteiger partial charge in [0.2, 0.25) is 0 Å². The van der Waals surface area contributed by atoms with Crippen LogP contribution in [0.3, 0.4) is 0 Å². The van der Waals surface area contributed by atoms with Crippen LogP contribution in [0.1, 0.15) is 46.7 Å². The number of fused-ring (bicyclic) bond motifs is 1. The molecule has 5 heteroatoms. The van der Waals surface area contributed by atoms with E-state index in [1.807, 2.05) is 49.7 Å². The summed E-state index contributed by atoms with van der Waals surface area (Å²) in [5.74, 6) is 0.494. The molecule has 0 aromatic carbocycles. The predicted molar refractivity (Wildman–Crippen MR) is 91.7 cm³/mol. The Morgan fingerprint density at radius 2 is 2.00 bits per heavy atom. The van der Waals surface area contributed by atoms with Crippen LogP contribution in [-0.2, 0) is 4.79 Å². The maximum atomic E-state index is 12.2. The second kappa shape index (κ2) is 6.22. The number of aromatic nitrogens is 2. The van der Waals surface area contributed by atoms with E-state index in [1.165, 1.54) is 0 Å². The molecule has 0 aliphatic heterocycles. The van der Waals surface area contributed by atoms with Gasteiger partial charge in [-0.2, -0.15) is 0 Å². The van der Waals surface area contributed by atoms with E-state index in [0.29, 0.717) is 5.75 Å². The van der Waals surface area contributed by atoms with Gasteiger partial charge in [-0.15, -0.1) is 0 Å². The number of ether oxygens (including phenoxy) is 1. The van der Waals surface area contributed by atoms with E-state index in [-0.39, 0.29) is 23.5 Å². The number of carbonyl (C=O) groups is 1. The van der Waals surface area contributed by atoms with E-state index < -0.39 is 0 Å². The van der Waals surface area contributed by atoms with Gasteiger partial charge in [-0.3, -0.25) is 4.79 Å². The fourth-order valence-electron chi connectivity index (χ4n) is 3.15. The number of rotatable bonds is 5. The van der Waals surface area contributed by atoms with Gasteiger partial charge in [-0.05, 0) is 44.7 Å². The molecule has 0 aliphatic carbocycles. The van der Waals surface area contributed by atoms with E-state index in [1.54, 1.807) is 0 Å². The molecule has 0 atom stereocenters. The minimum absolute atomic E-state index is 0.0147. The topological polar surface area (TPSA) is 55.6 Å². The average molecular weight is 317 g/mol. The summed E-state index contributed by atoms with van der Waals surface area (Å²) in [5.41, 5.74) is 1.52. The number of imidazole rings is 1. The summed E-state index contributed by atoms with van der Waals surface area (Å²) in [6.07, 6.45) is 4.73. The standard InChI is InChI=1S/C18H27N3O2/c1-13-10-21-9-7-8-14(16(21)19-13)23-11-15(22)20-18(5,6)12-17(2,3)4/h7-10H,11-12H2,1-6H3,(H,20,22). The molecular formula is C18H27N3O2. The molecule has 126 valence electrons. The smallest absolute Gasteiger partial charge is 0.258 e. The van der Waals surface area contributed by atoms with Crippen LogP contribution in [0.2, 0.25) is 0 Å². The molecule has 2 heterocycles. The molecular weight excluding hydrogens is 290 g/mol. The number of aryl methyl sites for hydroxylation is 1. The molecule has 2 aromatic rings. The predicted octanol–water partition coefficient (Wildman–Crippen LogP) is 3.35. The zero-order chi connectivity index (χ0) is 17.3. The van der Waals surface area contributed by atoms with E-state index in [4.69, 9.17) is 4.74 Å². The second-order valence-corrected chi connectivity index (χ2v) is 7.94. The lowest BCUT2D eigenvalue weighted by Crippen LogP contribution is -2.47. The SMILES string of the molecule is Cc1cn2cccc(OCC(=O)NC(C)(C)CC(C)(C)C)c2n1. The minimum atomic E-state index is -0.269. The van der Waals surface area contributed by atoms with Crippen LogP contribution in [0.5, 0.6) is 5.75 Å². The van der Waals surface area contributed by atoms with Crippen LogP contribution in [0.25, 0.3) is 5.65 Å². The van der Waals surface area contributed by atoms with Crippen molar-refractivity contribution in [2.45, 2.75) is 53.5 Å². The third-order valence-corrected chi connectivity index (χ3v) is 3.38. The van der Waals surface area contributed by atoms with Crippen molar-refractivity contribution >= 4 is 11.6 Å². The van der Waals surface area contributed by atoms with Gasteiger partial charge in [0.1, 0.15) is 0 Å². The summed E-state index contributed by atoms with van der Waals surface area (Å²) < 4.78 is 7.57. The number of nitrogens with one attached hydrogen (secondary N) is 1. The molecule has 0 saturated carbocycles. The molecule has 5 nitrogen and oxygen atoms in total. The second-order valence-electron chi connectivity index (χ2n) is 7.94. The van der Waals surface area contributed by atoms with Crippen molar-refractivity contribution in [1.82, 2.24) is 14.7 Å². The number of nitrogens with zero attached hydrogens (tertiary/aromatic N) is 2. The Bertz CT molecular complexity index is 696. The fourth-order valence-corrected chi connectivity index (χ4v) is 3.15.